The predicted molar refractivity (Wildman–Crippen MR) is 65.0 cm³/mol. The van der Waals surface area contributed by atoms with Gasteiger partial charge in [0.05, 0.1) is 17.6 Å². The molecule has 2 N–H and O–H groups in total. The highest BCUT2D eigenvalue weighted by Crippen LogP contribution is 2.13. The Morgan fingerprint density at radius 2 is 2.41 bits per heavy atom. The number of amides is 1. The molecule has 0 radical (unpaired) electrons. The summed E-state index contributed by atoms with van der Waals surface area (Å²) in [4.78, 5) is 17.6. The van der Waals surface area contributed by atoms with Crippen molar-refractivity contribution in [2.24, 2.45) is 5.92 Å². The van der Waals surface area contributed by atoms with E-state index >= 15 is 0 Å². The maximum Gasteiger partial charge on any atom is 0.257 e. The van der Waals surface area contributed by atoms with Crippen molar-refractivity contribution >= 4 is 11.6 Å². The highest BCUT2D eigenvalue weighted by atomic mass is 16.2. The Morgan fingerprint density at radius 1 is 1.71 bits per heavy atom. The molecule has 0 aromatic carbocycles. The van der Waals surface area contributed by atoms with Crippen LogP contribution in [0.5, 0.6) is 0 Å². The average molecular weight is 232 g/mol. The maximum absolute atomic E-state index is 12.1. The molecule has 1 atom stereocenters. The van der Waals surface area contributed by atoms with Crippen molar-refractivity contribution in [2.45, 2.75) is 13.8 Å². The van der Waals surface area contributed by atoms with Crippen LogP contribution in [0.3, 0.4) is 0 Å². The minimum atomic E-state index is -0.197. The van der Waals surface area contributed by atoms with Gasteiger partial charge < -0.3 is 10.6 Å². The molecule has 0 fully saturated rings. The molecule has 1 rings (SSSR count). The van der Waals surface area contributed by atoms with Gasteiger partial charge in [0, 0.05) is 31.2 Å². The smallest absolute Gasteiger partial charge is 0.257 e. The number of anilines is 1. The van der Waals surface area contributed by atoms with Gasteiger partial charge in [-0.15, -0.1) is 0 Å². The Labute approximate surface area is 101 Å². The third-order valence-electron chi connectivity index (χ3n) is 2.47. The van der Waals surface area contributed by atoms with E-state index in [-0.39, 0.29) is 11.8 Å². The highest BCUT2D eigenvalue weighted by Gasteiger charge is 2.18. The summed E-state index contributed by atoms with van der Waals surface area (Å²) in [6.07, 6.45) is 3.00. The zero-order valence-electron chi connectivity index (χ0n) is 10.1. The molecule has 0 aliphatic heterocycles. The summed E-state index contributed by atoms with van der Waals surface area (Å²) in [5, 5.41) is 8.76. The summed E-state index contributed by atoms with van der Waals surface area (Å²) in [7, 11) is 0. The van der Waals surface area contributed by atoms with Crippen LogP contribution in [0.25, 0.3) is 0 Å². The highest BCUT2D eigenvalue weighted by molar-refractivity contribution is 5.98. The van der Waals surface area contributed by atoms with Gasteiger partial charge in [-0.3, -0.25) is 9.78 Å². The van der Waals surface area contributed by atoms with Gasteiger partial charge in [-0.1, -0.05) is 0 Å². The number of hydrogen-bond acceptors (Lipinski definition) is 4. The molecular formula is C12H16N4O. The summed E-state index contributed by atoms with van der Waals surface area (Å²) in [6, 6.07) is 3.70. The molecule has 1 unspecified atom stereocenters. The number of nitriles is 1. The lowest BCUT2D eigenvalue weighted by Crippen LogP contribution is -2.34. The number of nitrogens with zero attached hydrogens (tertiary/aromatic N) is 3. The van der Waals surface area contributed by atoms with Crippen LogP contribution in [-0.2, 0) is 0 Å². The van der Waals surface area contributed by atoms with E-state index in [1.807, 2.05) is 6.92 Å². The largest absolute Gasteiger partial charge is 0.398 e. The van der Waals surface area contributed by atoms with Gasteiger partial charge >= 0.3 is 0 Å². The van der Waals surface area contributed by atoms with Crippen molar-refractivity contribution in [1.29, 1.82) is 5.26 Å². The molecule has 1 aromatic rings. The molecule has 0 saturated heterocycles. The van der Waals surface area contributed by atoms with Crippen LogP contribution >= 0.6 is 0 Å². The van der Waals surface area contributed by atoms with Crippen LogP contribution in [0.1, 0.15) is 24.2 Å². The van der Waals surface area contributed by atoms with Crippen molar-refractivity contribution in [2.75, 3.05) is 18.8 Å². The number of nitrogens with two attached hydrogens (primary N) is 1. The van der Waals surface area contributed by atoms with E-state index in [4.69, 9.17) is 11.0 Å². The Kier molecular flexibility index (Phi) is 4.46. The van der Waals surface area contributed by atoms with Gasteiger partial charge in [0.2, 0.25) is 0 Å². The standard InChI is InChI=1S/C12H16N4O/c1-3-16(8-9(2)6-13)12(17)10-7-15-5-4-11(10)14/h4-5,7,9H,3,8H2,1-2H3,(H2,14,15). The van der Waals surface area contributed by atoms with Crippen molar-refractivity contribution in [3.05, 3.63) is 24.0 Å². The third kappa shape index (κ3) is 3.18. The van der Waals surface area contributed by atoms with E-state index in [2.05, 4.69) is 11.1 Å². The number of pyridine rings is 1. The summed E-state index contributed by atoms with van der Waals surface area (Å²) < 4.78 is 0. The fraction of sp³-hybridized carbons (Fsp3) is 0.417. The van der Waals surface area contributed by atoms with Crippen LogP contribution in [-0.4, -0.2) is 28.9 Å². The molecule has 0 spiro atoms. The Balaban J connectivity index is 2.88. The topological polar surface area (TPSA) is 83.0 Å². The van der Waals surface area contributed by atoms with E-state index < -0.39 is 0 Å². The van der Waals surface area contributed by atoms with E-state index in [1.165, 1.54) is 6.20 Å². The van der Waals surface area contributed by atoms with Gasteiger partial charge in [-0.05, 0) is 19.9 Å². The van der Waals surface area contributed by atoms with E-state index in [1.54, 1.807) is 24.1 Å². The lowest BCUT2D eigenvalue weighted by molar-refractivity contribution is 0.0753. The summed E-state index contributed by atoms with van der Waals surface area (Å²) in [6.45, 7) is 4.59. The summed E-state index contributed by atoms with van der Waals surface area (Å²) >= 11 is 0. The van der Waals surface area contributed by atoms with Crippen LogP contribution in [0.15, 0.2) is 18.5 Å². The maximum atomic E-state index is 12.1. The molecule has 1 heterocycles. The lowest BCUT2D eigenvalue weighted by atomic mass is 10.1. The fourth-order valence-electron chi connectivity index (χ4n) is 1.48. The van der Waals surface area contributed by atoms with Crippen LogP contribution < -0.4 is 5.73 Å². The number of hydrogen-bond donors (Lipinski definition) is 1. The van der Waals surface area contributed by atoms with Crippen molar-refractivity contribution in [1.82, 2.24) is 9.88 Å². The van der Waals surface area contributed by atoms with Crippen LogP contribution in [0.4, 0.5) is 5.69 Å². The Bertz CT molecular complexity index is 438. The first-order valence-corrected chi connectivity index (χ1v) is 5.48. The van der Waals surface area contributed by atoms with Gasteiger partial charge in [-0.25, -0.2) is 0 Å². The summed E-state index contributed by atoms with van der Waals surface area (Å²) in [5.41, 5.74) is 6.52. The second-order valence-corrected chi connectivity index (χ2v) is 3.84. The Hall–Kier alpha value is -2.09. The van der Waals surface area contributed by atoms with E-state index in [9.17, 15) is 4.79 Å². The molecule has 5 heteroatoms. The molecule has 0 saturated carbocycles. The van der Waals surface area contributed by atoms with Crippen molar-refractivity contribution in [3.63, 3.8) is 0 Å². The zero-order valence-corrected chi connectivity index (χ0v) is 10.1. The molecule has 1 aromatic heterocycles. The first kappa shape index (κ1) is 13.0. The monoisotopic (exact) mass is 232 g/mol. The third-order valence-corrected chi connectivity index (χ3v) is 2.47. The van der Waals surface area contributed by atoms with Crippen LogP contribution in [0.2, 0.25) is 0 Å². The molecule has 0 bridgehead atoms. The van der Waals surface area contributed by atoms with Gasteiger partial charge in [0.1, 0.15) is 0 Å². The fourth-order valence-corrected chi connectivity index (χ4v) is 1.48. The minimum absolute atomic E-state index is 0.180. The van der Waals surface area contributed by atoms with Crippen LogP contribution in [0, 0.1) is 17.2 Å². The van der Waals surface area contributed by atoms with Gasteiger partial charge in [0.25, 0.3) is 5.91 Å². The number of rotatable bonds is 4. The summed E-state index contributed by atoms with van der Waals surface area (Å²) in [5.74, 6) is -0.378. The molecule has 17 heavy (non-hydrogen) atoms. The second kappa shape index (κ2) is 5.85. The molecule has 5 nitrogen and oxygen atoms in total. The lowest BCUT2D eigenvalue weighted by Gasteiger charge is -2.22. The normalized spacial score (nSPS) is 11.6. The SMILES string of the molecule is CCN(CC(C)C#N)C(=O)c1cnccc1N. The quantitative estimate of drug-likeness (QED) is 0.847. The number of carbonyl (C=O) groups is 1. The molecule has 0 aliphatic carbocycles. The molecule has 90 valence electrons. The molecule has 1 amide bonds. The Morgan fingerprint density at radius 3 is 2.94 bits per heavy atom. The van der Waals surface area contributed by atoms with E-state index in [0.29, 0.717) is 24.3 Å². The number of carbonyl (C=O) groups excluding carboxylic acids is 1. The average Bonchev–Trinajstić information content (AvgIpc) is 2.35. The van der Waals surface area contributed by atoms with Gasteiger partial charge in [0.15, 0.2) is 0 Å². The molecule has 0 aliphatic rings. The molecular weight excluding hydrogens is 216 g/mol. The minimum Gasteiger partial charge on any atom is -0.398 e. The first-order chi connectivity index (χ1) is 8.10. The number of nitrogen functional groups attached to an aromatic ring is 1. The van der Waals surface area contributed by atoms with Crippen molar-refractivity contribution < 1.29 is 4.79 Å². The predicted octanol–water partition coefficient (Wildman–Crippen LogP) is 1.29. The number of aromatic nitrogens is 1. The second-order valence-electron chi connectivity index (χ2n) is 3.84. The van der Waals surface area contributed by atoms with Crippen molar-refractivity contribution in [3.8, 4) is 6.07 Å². The van der Waals surface area contributed by atoms with Gasteiger partial charge in [-0.2, -0.15) is 5.26 Å². The van der Waals surface area contributed by atoms with E-state index in [0.717, 1.165) is 0 Å². The first-order valence-electron chi connectivity index (χ1n) is 5.48. The zero-order chi connectivity index (χ0) is 12.8.